The quantitative estimate of drug-likeness (QED) is 0.794. The van der Waals surface area contributed by atoms with E-state index in [-0.39, 0.29) is 19.1 Å². The summed E-state index contributed by atoms with van der Waals surface area (Å²) in [7, 11) is 1.67. The largest absolute Gasteiger partial charge is 0.456 e. The van der Waals surface area contributed by atoms with Crippen molar-refractivity contribution in [3.05, 3.63) is 76.5 Å². The van der Waals surface area contributed by atoms with Gasteiger partial charge in [-0.15, -0.1) is 0 Å². The van der Waals surface area contributed by atoms with E-state index in [4.69, 9.17) is 4.74 Å². The zero-order valence-corrected chi connectivity index (χ0v) is 17.1. The minimum Gasteiger partial charge on any atom is -0.456 e. The number of amides is 3. The van der Waals surface area contributed by atoms with E-state index in [0.717, 1.165) is 22.4 Å². The molecule has 0 saturated carbocycles. The van der Waals surface area contributed by atoms with Crippen molar-refractivity contribution >= 4 is 23.6 Å². The van der Waals surface area contributed by atoms with Crippen LogP contribution in [0.2, 0.25) is 0 Å². The average molecular weight is 405 g/mol. The second-order valence-electron chi connectivity index (χ2n) is 7.61. The van der Waals surface area contributed by atoms with Crippen LogP contribution in [0.5, 0.6) is 0 Å². The molecule has 2 aliphatic heterocycles. The number of esters is 1. The lowest BCUT2D eigenvalue weighted by atomic mass is 9.95. The molecule has 4 rings (SSSR count). The first-order chi connectivity index (χ1) is 14.3. The fourth-order valence-corrected chi connectivity index (χ4v) is 3.71. The van der Waals surface area contributed by atoms with Gasteiger partial charge in [0, 0.05) is 12.7 Å². The molecule has 0 aliphatic carbocycles. The van der Waals surface area contributed by atoms with Crippen molar-refractivity contribution < 1.29 is 19.1 Å². The minimum absolute atomic E-state index is 0.0224. The number of likely N-dealkylation sites (N-methyl/N-ethyl adjacent to an activating group) is 1. The first kappa shape index (κ1) is 19.7. The summed E-state index contributed by atoms with van der Waals surface area (Å²) in [6.07, 6.45) is 0. The van der Waals surface area contributed by atoms with Crippen LogP contribution in [-0.4, -0.2) is 43.0 Å². The summed E-state index contributed by atoms with van der Waals surface area (Å²) in [6.45, 7) is 3.71. The van der Waals surface area contributed by atoms with Crippen molar-refractivity contribution in [2.45, 2.75) is 19.9 Å². The molecule has 7 nitrogen and oxygen atoms in total. The molecule has 1 atom stereocenters. The smallest absolute Gasteiger partial charge is 0.338 e. The summed E-state index contributed by atoms with van der Waals surface area (Å²) in [5.74, 6) is -0.740. The third-order valence-corrected chi connectivity index (χ3v) is 5.47. The van der Waals surface area contributed by atoms with E-state index in [0.29, 0.717) is 11.3 Å². The van der Waals surface area contributed by atoms with E-state index in [9.17, 15) is 14.4 Å². The zero-order chi connectivity index (χ0) is 21.4. The molecule has 7 heteroatoms. The Morgan fingerprint density at radius 1 is 1.13 bits per heavy atom. The number of rotatable bonds is 4. The molecular formula is C23H23N3O4. The van der Waals surface area contributed by atoms with E-state index < -0.39 is 18.0 Å². The predicted molar refractivity (Wildman–Crippen MR) is 112 cm³/mol. The summed E-state index contributed by atoms with van der Waals surface area (Å²) in [6, 6.07) is 14.1. The van der Waals surface area contributed by atoms with Gasteiger partial charge in [0.1, 0.15) is 13.2 Å². The minimum atomic E-state index is -0.594. The molecule has 2 heterocycles. The maximum atomic E-state index is 12.9. The Balaban J connectivity index is 1.62. The molecule has 154 valence electrons. The Bertz CT molecular complexity index is 1060. The molecule has 0 saturated heterocycles. The molecule has 1 N–H and O–H groups in total. The van der Waals surface area contributed by atoms with Crippen LogP contribution in [-0.2, 0) is 14.3 Å². The second-order valence-corrected chi connectivity index (χ2v) is 7.61. The first-order valence-electron chi connectivity index (χ1n) is 9.73. The summed E-state index contributed by atoms with van der Waals surface area (Å²) < 4.78 is 5.22. The Morgan fingerprint density at radius 3 is 2.57 bits per heavy atom. The second kappa shape index (κ2) is 7.67. The Morgan fingerprint density at radius 2 is 1.87 bits per heavy atom. The molecule has 0 spiro atoms. The molecule has 0 fully saturated rings. The van der Waals surface area contributed by atoms with E-state index in [2.05, 4.69) is 5.32 Å². The number of anilines is 1. The number of aryl methyl sites for hydroxylation is 2. The molecule has 30 heavy (non-hydrogen) atoms. The van der Waals surface area contributed by atoms with Gasteiger partial charge in [-0.3, -0.25) is 9.69 Å². The highest BCUT2D eigenvalue weighted by atomic mass is 16.5. The van der Waals surface area contributed by atoms with Crippen LogP contribution in [0.15, 0.2) is 59.8 Å². The lowest BCUT2D eigenvalue weighted by Crippen LogP contribution is -2.50. The topological polar surface area (TPSA) is 79.0 Å². The van der Waals surface area contributed by atoms with Crippen LogP contribution in [0, 0.1) is 13.8 Å². The van der Waals surface area contributed by atoms with E-state index in [1.54, 1.807) is 7.05 Å². The third-order valence-electron chi connectivity index (χ3n) is 5.47. The predicted octanol–water partition coefficient (Wildman–Crippen LogP) is 2.84. The summed E-state index contributed by atoms with van der Waals surface area (Å²) in [4.78, 5) is 41.0. The van der Waals surface area contributed by atoms with Crippen molar-refractivity contribution in [1.29, 1.82) is 0 Å². The number of nitrogens with one attached hydrogen (secondary N) is 1. The maximum absolute atomic E-state index is 12.9. The number of cyclic esters (lactones) is 1. The molecule has 0 aromatic heterocycles. The van der Waals surface area contributed by atoms with Crippen molar-refractivity contribution in [2.24, 2.45) is 0 Å². The molecule has 0 bridgehead atoms. The van der Waals surface area contributed by atoms with Crippen molar-refractivity contribution in [3.63, 3.8) is 0 Å². The lowest BCUT2D eigenvalue weighted by Gasteiger charge is -2.33. The number of nitrogens with zero attached hydrogens (tertiary/aromatic N) is 2. The van der Waals surface area contributed by atoms with Gasteiger partial charge in [0.2, 0.25) is 5.91 Å². The maximum Gasteiger partial charge on any atom is 0.338 e. The number of benzene rings is 2. The Kier molecular flexibility index (Phi) is 5.03. The highest BCUT2D eigenvalue weighted by molar-refractivity contribution is 6.00. The van der Waals surface area contributed by atoms with Gasteiger partial charge in [-0.05, 0) is 37.1 Å². The fourth-order valence-electron chi connectivity index (χ4n) is 3.71. The normalized spacial score (nSPS) is 18.1. The number of hydrogen-bond donors (Lipinski definition) is 1. The van der Waals surface area contributed by atoms with Crippen LogP contribution < -0.4 is 10.2 Å². The molecule has 2 aliphatic rings. The van der Waals surface area contributed by atoms with Gasteiger partial charge in [-0.2, -0.15) is 0 Å². The van der Waals surface area contributed by atoms with Crippen LogP contribution in [0.1, 0.15) is 22.7 Å². The van der Waals surface area contributed by atoms with Gasteiger partial charge in [-0.25, -0.2) is 9.59 Å². The van der Waals surface area contributed by atoms with Crippen molar-refractivity contribution in [2.75, 3.05) is 25.1 Å². The van der Waals surface area contributed by atoms with Crippen molar-refractivity contribution in [3.8, 4) is 0 Å². The monoisotopic (exact) mass is 405 g/mol. The molecule has 2 aromatic carbocycles. The third kappa shape index (κ3) is 3.54. The Hall–Kier alpha value is -3.61. The Labute approximate surface area is 174 Å². The lowest BCUT2D eigenvalue weighted by molar-refractivity contribution is -0.136. The molecule has 1 unspecified atom stereocenters. The van der Waals surface area contributed by atoms with Gasteiger partial charge in [-0.1, -0.05) is 42.0 Å². The van der Waals surface area contributed by atoms with Gasteiger partial charge in [0.25, 0.3) is 0 Å². The standard InChI is InChI=1S/C23H23N3O4/c1-14-7-9-16(10-8-14)21-20-18(13-30-22(20)28)26(23(29)24-21)12-19(27)25(3)17-6-4-5-15(2)11-17/h4-11,21H,12-13H2,1-3H3,(H,24,29). The zero-order valence-electron chi connectivity index (χ0n) is 17.1. The fraction of sp³-hybridized carbons (Fsp3) is 0.261. The molecule has 0 radical (unpaired) electrons. The number of urea groups is 1. The van der Waals surface area contributed by atoms with E-state index >= 15 is 0 Å². The highest BCUT2D eigenvalue weighted by Crippen LogP contribution is 2.35. The summed E-state index contributed by atoms with van der Waals surface area (Å²) in [5, 5.41) is 2.85. The highest BCUT2D eigenvalue weighted by Gasteiger charge is 2.42. The molecule has 3 amide bonds. The SMILES string of the molecule is Cc1ccc(C2NC(=O)N(CC(=O)N(C)c3cccc(C)c3)C3=C2C(=O)OC3)cc1. The van der Waals surface area contributed by atoms with Crippen LogP contribution >= 0.6 is 0 Å². The van der Waals surface area contributed by atoms with Gasteiger partial charge in [0.15, 0.2) is 0 Å². The van der Waals surface area contributed by atoms with E-state index in [1.807, 2.05) is 62.4 Å². The number of carbonyl (C=O) groups excluding carboxylic acids is 3. The molecular weight excluding hydrogens is 382 g/mol. The van der Waals surface area contributed by atoms with Crippen molar-refractivity contribution in [1.82, 2.24) is 10.2 Å². The van der Waals surface area contributed by atoms with Gasteiger partial charge >= 0.3 is 12.0 Å². The number of ether oxygens (including phenoxy) is 1. The van der Waals surface area contributed by atoms with Gasteiger partial charge in [0.05, 0.1) is 17.3 Å². The number of carbonyl (C=O) groups is 3. The summed E-state index contributed by atoms with van der Waals surface area (Å²) in [5.41, 5.74) is 4.47. The average Bonchev–Trinajstić information content (AvgIpc) is 3.11. The van der Waals surface area contributed by atoms with Crippen LogP contribution in [0.25, 0.3) is 0 Å². The summed E-state index contributed by atoms with van der Waals surface area (Å²) >= 11 is 0. The van der Waals surface area contributed by atoms with E-state index in [1.165, 1.54) is 9.80 Å². The first-order valence-corrected chi connectivity index (χ1v) is 9.73. The van der Waals surface area contributed by atoms with Gasteiger partial charge < -0.3 is 15.0 Å². The molecule has 2 aromatic rings. The van der Waals surface area contributed by atoms with Crippen LogP contribution in [0.3, 0.4) is 0 Å². The van der Waals surface area contributed by atoms with Crippen LogP contribution in [0.4, 0.5) is 10.5 Å². The number of hydrogen-bond acceptors (Lipinski definition) is 4.